The Kier molecular flexibility index (Phi) is 3.91. The number of hydrogen-bond acceptors (Lipinski definition) is 7. The van der Waals surface area contributed by atoms with E-state index in [0.717, 1.165) is 19.6 Å². The van der Waals surface area contributed by atoms with Crippen molar-refractivity contribution in [3.05, 3.63) is 36.0 Å². The molecule has 8 nitrogen and oxygen atoms in total. The van der Waals surface area contributed by atoms with Crippen LogP contribution in [0.5, 0.6) is 5.75 Å². The fourth-order valence-corrected chi connectivity index (χ4v) is 2.97. The van der Waals surface area contributed by atoms with Crippen LogP contribution in [0.4, 0.5) is 5.69 Å². The molecule has 2 N–H and O–H groups in total. The van der Waals surface area contributed by atoms with Crippen LogP contribution in [0.1, 0.15) is 17.8 Å². The van der Waals surface area contributed by atoms with E-state index in [-0.39, 0.29) is 18.4 Å². The molecule has 3 heterocycles. The predicted octanol–water partition coefficient (Wildman–Crippen LogP) is 0.588. The van der Waals surface area contributed by atoms with Crippen LogP contribution in [-0.4, -0.2) is 53.7 Å². The highest BCUT2D eigenvalue weighted by Crippen LogP contribution is 2.29. The van der Waals surface area contributed by atoms with E-state index in [1.165, 1.54) is 0 Å². The van der Waals surface area contributed by atoms with Gasteiger partial charge < -0.3 is 19.9 Å². The van der Waals surface area contributed by atoms with E-state index in [9.17, 15) is 4.79 Å². The molecular weight excluding hydrogens is 310 g/mol. The van der Waals surface area contributed by atoms with Gasteiger partial charge >= 0.3 is 0 Å². The Balaban J connectivity index is 1.47. The average Bonchev–Trinajstić information content (AvgIpc) is 3.04. The summed E-state index contributed by atoms with van der Waals surface area (Å²) >= 11 is 0. The summed E-state index contributed by atoms with van der Waals surface area (Å²) < 4.78 is 11.1. The lowest BCUT2D eigenvalue weighted by Gasteiger charge is -2.30. The van der Waals surface area contributed by atoms with Crippen molar-refractivity contribution in [3.63, 3.8) is 0 Å². The molecule has 2 aliphatic heterocycles. The number of carbonyl (C=O) groups excluding carboxylic acids is 1. The van der Waals surface area contributed by atoms with Gasteiger partial charge in [-0.05, 0) is 19.2 Å². The number of amides is 1. The number of anilines is 1. The summed E-state index contributed by atoms with van der Waals surface area (Å²) in [4.78, 5) is 18.8. The lowest BCUT2D eigenvalue weighted by atomic mass is 10.1. The second-order valence-corrected chi connectivity index (χ2v) is 6.04. The molecular formula is C16H19N5O3. The van der Waals surface area contributed by atoms with Crippen molar-refractivity contribution in [2.45, 2.75) is 18.6 Å². The van der Waals surface area contributed by atoms with Crippen LogP contribution in [0.2, 0.25) is 0 Å². The minimum atomic E-state index is -0.671. The highest BCUT2D eigenvalue weighted by atomic mass is 16.5. The lowest BCUT2D eigenvalue weighted by Crippen LogP contribution is -2.44. The normalized spacial score (nSPS) is 24.1. The minimum absolute atomic E-state index is 0.0816. The largest absolute Gasteiger partial charge is 0.478 e. The molecule has 1 fully saturated rings. The van der Waals surface area contributed by atoms with Gasteiger partial charge in [0.05, 0.1) is 18.2 Å². The Morgan fingerprint density at radius 3 is 3.12 bits per heavy atom. The molecule has 1 saturated heterocycles. The van der Waals surface area contributed by atoms with Gasteiger partial charge in [-0.2, -0.15) is 4.98 Å². The van der Waals surface area contributed by atoms with Crippen LogP contribution < -0.4 is 15.4 Å². The number of ether oxygens (including phenoxy) is 1. The van der Waals surface area contributed by atoms with Crippen molar-refractivity contribution in [3.8, 4) is 5.75 Å². The average molecular weight is 329 g/mol. The molecule has 4 rings (SSSR count). The first-order valence-electron chi connectivity index (χ1n) is 8.00. The molecule has 0 bridgehead atoms. The maximum absolute atomic E-state index is 12.2. The summed E-state index contributed by atoms with van der Waals surface area (Å²) in [6, 6.07) is 7.42. The quantitative estimate of drug-likeness (QED) is 0.851. The van der Waals surface area contributed by atoms with Gasteiger partial charge in [-0.25, -0.2) is 0 Å². The molecule has 0 radical (unpaired) electrons. The zero-order chi connectivity index (χ0) is 16.5. The Hall–Kier alpha value is -2.45. The number of carbonyl (C=O) groups is 1. The maximum atomic E-state index is 12.2. The van der Waals surface area contributed by atoms with E-state index in [2.05, 4.69) is 25.7 Å². The summed E-state index contributed by atoms with van der Waals surface area (Å²) in [6.07, 6.45) is -0.424. The van der Waals surface area contributed by atoms with E-state index >= 15 is 0 Å². The third-order valence-corrected chi connectivity index (χ3v) is 4.36. The molecule has 126 valence electrons. The summed E-state index contributed by atoms with van der Waals surface area (Å²) in [5.41, 5.74) is 0.680. The number of piperazine rings is 1. The second-order valence-electron chi connectivity index (χ2n) is 6.04. The van der Waals surface area contributed by atoms with Crippen molar-refractivity contribution in [1.82, 2.24) is 20.4 Å². The zero-order valence-electron chi connectivity index (χ0n) is 13.4. The smallest absolute Gasteiger partial charge is 0.266 e. The van der Waals surface area contributed by atoms with Gasteiger partial charge in [0.1, 0.15) is 5.75 Å². The van der Waals surface area contributed by atoms with E-state index in [1.807, 2.05) is 25.2 Å². The number of rotatable bonds is 3. The Bertz CT molecular complexity index is 747. The highest BCUT2D eigenvalue weighted by Gasteiger charge is 2.31. The third kappa shape index (κ3) is 2.85. The summed E-state index contributed by atoms with van der Waals surface area (Å²) in [5.74, 6) is 1.49. The number of fused-ring (bicyclic) bond motifs is 1. The van der Waals surface area contributed by atoms with Crippen LogP contribution in [0.3, 0.4) is 0 Å². The first kappa shape index (κ1) is 15.1. The number of para-hydroxylation sites is 2. The second kappa shape index (κ2) is 6.21. The molecule has 1 aromatic heterocycles. The molecule has 2 unspecified atom stereocenters. The number of hydrogen-bond donors (Lipinski definition) is 2. The number of aromatic nitrogens is 2. The number of nitrogens with zero attached hydrogens (tertiary/aromatic N) is 3. The summed E-state index contributed by atoms with van der Waals surface area (Å²) in [5, 5.41) is 10.2. The van der Waals surface area contributed by atoms with E-state index in [4.69, 9.17) is 9.26 Å². The fraction of sp³-hybridized carbons (Fsp3) is 0.438. The zero-order valence-corrected chi connectivity index (χ0v) is 13.4. The lowest BCUT2D eigenvalue weighted by molar-refractivity contribution is -0.123. The first-order valence-corrected chi connectivity index (χ1v) is 8.00. The third-order valence-electron chi connectivity index (χ3n) is 4.36. The van der Waals surface area contributed by atoms with E-state index < -0.39 is 6.10 Å². The standard InChI is InChI=1S/C16H19N5O3/c1-21-7-6-17-9-11(21)15-19-14(24-20-15)8-13-16(22)18-10-4-2-3-5-12(10)23-13/h2-5,11,13,17H,6-9H2,1H3,(H,18,22). The van der Waals surface area contributed by atoms with Crippen molar-refractivity contribution < 1.29 is 14.1 Å². The molecule has 8 heteroatoms. The van der Waals surface area contributed by atoms with E-state index in [0.29, 0.717) is 23.2 Å². The van der Waals surface area contributed by atoms with Gasteiger partial charge in [-0.3, -0.25) is 9.69 Å². The van der Waals surface area contributed by atoms with Gasteiger partial charge in [0.2, 0.25) is 5.89 Å². The molecule has 2 atom stereocenters. The fourth-order valence-electron chi connectivity index (χ4n) is 2.97. The van der Waals surface area contributed by atoms with Gasteiger partial charge in [-0.15, -0.1) is 0 Å². The number of benzene rings is 1. The topological polar surface area (TPSA) is 92.5 Å². The Morgan fingerprint density at radius 1 is 1.38 bits per heavy atom. The molecule has 2 aromatic rings. The van der Waals surface area contributed by atoms with Crippen LogP contribution in [0.25, 0.3) is 0 Å². The van der Waals surface area contributed by atoms with Crippen LogP contribution in [0.15, 0.2) is 28.8 Å². The van der Waals surface area contributed by atoms with Gasteiger partial charge in [0.15, 0.2) is 11.9 Å². The summed E-state index contributed by atoms with van der Waals surface area (Å²) in [6.45, 7) is 2.66. The van der Waals surface area contributed by atoms with Crippen molar-refractivity contribution in [2.75, 3.05) is 32.0 Å². The number of likely N-dealkylation sites (N-methyl/N-ethyl adjacent to an activating group) is 1. The Labute approximate surface area is 139 Å². The minimum Gasteiger partial charge on any atom is -0.478 e. The predicted molar refractivity (Wildman–Crippen MR) is 85.7 cm³/mol. The van der Waals surface area contributed by atoms with Crippen LogP contribution >= 0.6 is 0 Å². The first-order chi connectivity index (χ1) is 11.7. The van der Waals surface area contributed by atoms with Crippen LogP contribution in [0, 0.1) is 0 Å². The molecule has 0 saturated carbocycles. The number of nitrogens with one attached hydrogen (secondary N) is 2. The molecule has 0 spiro atoms. The summed E-state index contributed by atoms with van der Waals surface area (Å²) in [7, 11) is 2.04. The molecule has 1 aromatic carbocycles. The monoisotopic (exact) mass is 329 g/mol. The molecule has 1 amide bonds. The maximum Gasteiger partial charge on any atom is 0.266 e. The molecule has 2 aliphatic rings. The van der Waals surface area contributed by atoms with E-state index in [1.54, 1.807) is 6.07 Å². The van der Waals surface area contributed by atoms with Crippen molar-refractivity contribution >= 4 is 11.6 Å². The van der Waals surface area contributed by atoms with Gasteiger partial charge in [-0.1, -0.05) is 17.3 Å². The van der Waals surface area contributed by atoms with Crippen molar-refractivity contribution in [1.29, 1.82) is 0 Å². The van der Waals surface area contributed by atoms with Crippen molar-refractivity contribution in [2.24, 2.45) is 0 Å². The van der Waals surface area contributed by atoms with Crippen LogP contribution in [-0.2, 0) is 11.2 Å². The molecule has 0 aliphatic carbocycles. The SMILES string of the molecule is CN1CCNCC1c1noc(CC2Oc3ccccc3NC2=O)n1. The highest BCUT2D eigenvalue weighted by molar-refractivity contribution is 5.97. The Morgan fingerprint density at radius 2 is 2.25 bits per heavy atom. The molecule has 24 heavy (non-hydrogen) atoms. The van der Waals surface area contributed by atoms with Gasteiger partial charge in [0, 0.05) is 19.6 Å². The van der Waals surface area contributed by atoms with Gasteiger partial charge in [0.25, 0.3) is 5.91 Å².